The van der Waals surface area contributed by atoms with Crippen molar-refractivity contribution >= 4 is 6.09 Å². The molecule has 3 aliphatic heterocycles. The van der Waals surface area contributed by atoms with Gasteiger partial charge in [-0.2, -0.15) is 0 Å². The fourth-order valence-electron chi connectivity index (χ4n) is 3.63. The minimum Gasteiger partial charge on any atom is -0.410 e. The normalized spacial score (nSPS) is 22.9. The van der Waals surface area contributed by atoms with Crippen molar-refractivity contribution in [3.8, 4) is 16.9 Å². The summed E-state index contributed by atoms with van der Waals surface area (Å²) in [4.78, 5) is 16.9. The molecule has 3 aliphatic rings. The Bertz CT molecular complexity index is 691. The van der Waals surface area contributed by atoms with Crippen LogP contribution in [0.3, 0.4) is 0 Å². The summed E-state index contributed by atoms with van der Waals surface area (Å²) in [6, 6.07) is 18.3. The van der Waals surface area contributed by atoms with Gasteiger partial charge in [-0.15, -0.1) is 0 Å². The number of ether oxygens (including phenoxy) is 1. The smallest absolute Gasteiger partial charge is 0.410 e. The van der Waals surface area contributed by atoms with E-state index < -0.39 is 0 Å². The van der Waals surface area contributed by atoms with Crippen LogP contribution >= 0.6 is 0 Å². The molecule has 3 fully saturated rings. The van der Waals surface area contributed by atoms with Crippen molar-refractivity contribution in [2.75, 3.05) is 26.2 Å². The Labute approximate surface area is 142 Å². The van der Waals surface area contributed by atoms with Gasteiger partial charge in [0, 0.05) is 32.2 Å². The van der Waals surface area contributed by atoms with Crippen LogP contribution in [0.2, 0.25) is 0 Å². The molecule has 0 saturated carbocycles. The molecular formula is C20H22N2O2. The Morgan fingerprint density at radius 2 is 1.50 bits per heavy atom. The second-order valence-electron chi connectivity index (χ2n) is 6.52. The molecule has 2 aromatic rings. The molecule has 0 unspecified atom stereocenters. The predicted molar refractivity (Wildman–Crippen MR) is 94.1 cm³/mol. The Balaban J connectivity index is 1.44. The zero-order valence-electron chi connectivity index (χ0n) is 13.7. The summed E-state index contributed by atoms with van der Waals surface area (Å²) in [6.07, 6.45) is 1.90. The standard InChI is InChI=1S/C20H22N2O2/c23-20(22-15-14-21-12-10-18(22)11-13-21)24-19-8-6-17(7-9-19)16-4-2-1-3-5-16/h1-9,18H,10-15H2. The first-order valence-corrected chi connectivity index (χ1v) is 8.66. The Hall–Kier alpha value is -2.33. The van der Waals surface area contributed by atoms with E-state index in [0.717, 1.165) is 50.1 Å². The largest absolute Gasteiger partial charge is 0.415 e. The van der Waals surface area contributed by atoms with E-state index in [1.165, 1.54) is 0 Å². The fraction of sp³-hybridized carbons (Fsp3) is 0.350. The van der Waals surface area contributed by atoms with Gasteiger partial charge in [-0.05, 0) is 36.1 Å². The molecule has 124 valence electrons. The lowest BCUT2D eigenvalue weighted by Crippen LogP contribution is -2.43. The van der Waals surface area contributed by atoms with Crippen molar-refractivity contribution in [1.29, 1.82) is 0 Å². The molecule has 3 heterocycles. The number of hydrogen-bond donors (Lipinski definition) is 0. The van der Waals surface area contributed by atoms with Gasteiger partial charge in [-0.3, -0.25) is 0 Å². The van der Waals surface area contributed by atoms with E-state index in [1.807, 2.05) is 47.4 Å². The number of rotatable bonds is 2. The van der Waals surface area contributed by atoms with Gasteiger partial charge in [0.05, 0.1) is 0 Å². The summed E-state index contributed by atoms with van der Waals surface area (Å²) in [5, 5.41) is 0. The summed E-state index contributed by atoms with van der Waals surface area (Å²) >= 11 is 0. The van der Waals surface area contributed by atoms with Crippen molar-refractivity contribution in [3.63, 3.8) is 0 Å². The van der Waals surface area contributed by atoms with Crippen molar-refractivity contribution in [2.45, 2.75) is 18.9 Å². The summed E-state index contributed by atoms with van der Waals surface area (Å²) in [7, 11) is 0. The van der Waals surface area contributed by atoms with Crippen LogP contribution in [-0.4, -0.2) is 48.1 Å². The van der Waals surface area contributed by atoms with Crippen molar-refractivity contribution in [3.05, 3.63) is 54.6 Å². The molecule has 0 aromatic heterocycles. The lowest BCUT2D eigenvalue weighted by molar-refractivity contribution is 0.131. The third kappa shape index (κ3) is 3.15. The van der Waals surface area contributed by atoms with E-state index in [0.29, 0.717) is 11.8 Å². The molecule has 3 saturated heterocycles. The molecule has 0 spiro atoms. The summed E-state index contributed by atoms with van der Waals surface area (Å²) in [5.74, 6) is 0.610. The fourth-order valence-corrected chi connectivity index (χ4v) is 3.63. The maximum absolute atomic E-state index is 12.5. The van der Waals surface area contributed by atoms with Crippen LogP contribution in [0.25, 0.3) is 11.1 Å². The van der Waals surface area contributed by atoms with E-state index in [1.54, 1.807) is 0 Å². The van der Waals surface area contributed by atoms with Crippen LogP contribution in [-0.2, 0) is 0 Å². The number of benzene rings is 2. The summed E-state index contributed by atoms with van der Waals surface area (Å²) < 4.78 is 5.62. The van der Waals surface area contributed by atoms with Crippen LogP contribution in [0.5, 0.6) is 5.75 Å². The van der Waals surface area contributed by atoms with Crippen molar-refractivity contribution < 1.29 is 9.53 Å². The van der Waals surface area contributed by atoms with Gasteiger partial charge in [-0.25, -0.2) is 4.79 Å². The minimum absolute atomic E-state index is 0.212. The third-order valence-electron chi connectivity index (χ3n) is 5.06. The second kappa shape index (κ2) is 6.65. The summed E-state index contributed by atoms with van der Waals surface area (Å²) in [6.45, 7) is 3.92. The third-order valence-corrected chi connectivity index (χ3v) is 5.06. The molecule has 5 rings (SSSR count). The molecule has 1 amide bonds. The first-order chi connectivity index (χ1) is 11.8. The van der Waals surface area contributed by atoms with E-state index in [2.05, 4.69) is 17.0 Å². The summed E-state index contributed by atoms with van der Waals surface area (Å²) in [5.41, 5.74) is 2.28. The van der Waals surface area contributed by atoms with Gasteiger partial charge >= 0.3 is 6.09 Å². The molecule has 0 aliphatic carbocycles. The van der Waals surface area contributed by atoms with E-state index >= 15 is 0 Å². The van der Waals surface area contributed by atoms with Crippen LogP contribution in [0.1, 0.15) is 12.8 Å². The number of piperidine rings is 1. The first kappa shape index (κ1) is 15.2. The lowest BCUT2D eigenvalue weighted by Gasteiger charge is -2.30. The maximum atomic E-state index is 12.5. The molecule has 24 heavy (non-hydrogen) atoms. The number of hydrogen-bond acceptors (Lipinski definition) is 3. The topological polar surface area (TPSA) is 32.8 Å². The zero-order chi connectivity index (χ0) is 16.4. The van der Waals surface area contributed by atoms with Crippen molar-refractivity contribution in [1.82, 2.24) is 9.80 Å². The van der Waals surface area contributed by atoms with Gasteiger partial charge in [0.1, 0.15) is 5.75 Å². The minimum atomic E-state index is -0.212. The monoisotopic (exact) mass is 322 g/mol. The second-order valence-corrected chi connectivity index (χ2v) is 6.52. The predicted octanol–water partition coefficient (Wildman–Crippen LogP) is 3.63. The van der Waals surface area contributed by atoms with Gasteiger partial charge in [0.2, 0.25) is 0 Å². The molecule has 0 atom stereocenters. The highest BCUT2D eigenvalue weighted by atomic mass is 16.6. The number of fused-ring (bicyclic) bond motifs is 4. The Kier molecular flexibility index (Phi) is 4.22. The van der Waals surface area contributed by atoms with Gasteiger partial charge < -0.3 is 14.5 Å². The maximum Gasteiger partial charge on any atom is 0.415 e. The van der Waals surface area contributed by atoms with Crippen LogP contribution in [0.4, 0.5) is 4.79 Å². The van der Waals surface area contributed by atoms with Crippen LogP contribution in [0, 0.1) is 0 Å². The molecular weight excluding hydrogens is 300 g/mol. The SMILES string of the molecule is O=C(Oc1ccc(-c2ccccc2)cc1)N1CCN2CCC1CC2. The molecule has 2 aromatic carbocycles. The molecule has 0 N–H and O–H groups in total. The lowest BCUT2D eigenvalue weighted by atomic mass is 10.1. The zero-order valence-corrected chi connectivity index (χ0v) is 13.7. The Morgan fingerprint density at radius 1 is 0.833 bits per heavy atom. The first-order valence-electron chi connectivity index (χ1n) is 8.66. The van der Waals surface area contributed by atoms with Gasteiger partial charge in [0.15, 0.2) is 0 Å². The van der Waals surface area contributed by atoms with E-state index in [9.17, 15) is 4.79 Å². The number of nitrogens with zero attached hydrogens (tertiary/aromatic N) is 2. The van der Waals surface area contributed by atoms with Crippen molar-refractivity contribution in [2.24, 2.45) is 0 Å². The number of amides is 1. The molecule has 2 bridgehead atoms. The van der Waals surface area contributed by atoms with E-state index in [4.69, 9.17) is 4.74 Å². The number of carbonyl (C=O) groups excluding carboxylic acids is 1. The average Bonchev–Trinajstić information content (AvgIpc) is 2.97. The highest BCUT2D eigenvalue weighted by Crippen LogP contribution is 2.24. The van der Waals surface area contributed by atoms with E-state index in [-0.39, 0.29) is 6.09 Å². The highest BCUT2D eigenvalue weighted by molar-refractivity contribution is 5.72. The van der Waals surface area contributed by atoms with Crippen LogP contribution < -0.4 is 4.74 Å². The molecule has 4 nitrogen and oxygen atoms in total. The number of carbonyl (C=O) groups is 1. The average molecular weight is 322 g/mol. The van der Waals surface area contributed by atoms with Gasteiger partial charge in [0.25, 0.3) is 0 Å². The van der Waals surface area contributed by atoms with Gasteiger partial charge in [-0.1, -0.05) is 42.5 Å². The Morgan fingerprint density at radius 3 is 2.21 bits per heavy atom. The molecule has 0 radical (unpaired) electrons. The van der Waals surface area contributed by atoms with Crippen LogP contribution in [0.15, 0.2) is 54.6 Å². The molecule has 4 heteroatoms. The quantitative estimate of drug-likeness (QED) is 0.846. The highest BCUT2D eigenvalue weighted by Gasteiger charge is 2.32.